The molecule has 0 unspecified atom stereocenters. The summed E-state index contributed by atoms with van der Waals surface area (Å²) in [5.74, 6) is 0.407. The second-order valence-electron chi connectivity index (χ2n) is 10.1. The molecule has 1 N–H and O–H groups in total. The van der Waals surface area contributed by atoms with Crippen LogP contribution in [0.3, 0.4) is 0 Å². The molecular formula is C32H33BrN2O2. The van der Waals surface area contributed by atoms with Gasteiger partial charge in [0.15, 0.2) is 0 Å². The third-order valence-electron chi connectivity index (χ3n) is 7.41. The molecule has 0 amide bonds. The van der Waals surface area contributed by atoms with Gasteiger partial charge in [-0.05, 0) is 78.8 Å². The van der Waals surface area contributed by atoms with Crippen LogP contribution in [0.2, 0.25) is 0 Å². The summed E-state index contributed by atoms with van der Waals surface area (Å²) in [5, 5.41) is 16.3. The van der Waals surface area contributed by atoms with Gasteiger partial charge >= 0.3 is 0 Å². The number of halogens is 1. The van der Waals surface area contributed by atoms with E-state index in [1.165, 1.54) is 0 Å². The zero-order chi connectivity index (χ0) is 26.2. The number of aryl methyl sites for hydroxylation is 1. The number of hydrogen-bond donors (Lipinski definition) is 1. The van der Waals surface area contributed by atoms with Crippen molar-refractivity contribution in [3.8, 4) is 5.75 Å². The fourth-order valence-corrected chi connectivity index (χ4v) is 5.91. The van der Waals surface area contributed by atoms with E-state index >= 15 is 0 Å². The highest BCUT2D eigenvalue weighted by Crippen LogP contribution is 2.49. The Morgan fingerprint density at radius 1 is 0.946 bits per heavy atom. The largest absolute Gasteiger partial charge is 0.496 e. The fourth-order valence-electron chi connectivity index (χ4n) is 5.53. The summed E-state index contributed by atoms with van der Waals surface area (Å²) < 4.78 is 9.12. The minimum Gasteiger partial charge on any atom is -0.496 e. The minimum atomic E-state index is -1.21. The van der Waals surface area contributed by atoms with E-state index in [9.17, 15) is 5.11 Å². The van der Waals surface area contributed by atoms with Gasteiger partial charge in [-0.15, -0.1) is 0 Å². The van der Waals surface area contributed by atoms with Crippen molar-refractivity contribution < 1.29 is 9.84 Å². The van der Waals surface area contributed by atoms with Gasteiger partial charge in [0.2, 0.25) is 0 Å². The quantitative estimate of drug-likeness (QED) is 0.222. The molecule has 4 nitrogen and oxygen atoms in total. The van der Waals surface area contributed by atoms with Crippen LogP contribution in [-0.4, -0.2) is 42.3 Å². The van der Waals surface area contributed by atoms with Gasteiger partial charge in [-0.1, -0.05) is 64.5 Å². The number of benzene rings is 4. The van der Waals surface area contributed by atoms with Crippen molar-refractivity contribution in [2.75, 3.05) is 27.7 Å². The molecule has 0 saturated carbocycles. The lowest BCUT2D eigenvalue weighted by Gasteiger charge is -2.39. The van der Waals surface area contributed by atoms with Crippen molar-refractivity contribution in [1.29, 1.82) is 0 Å². The molecule has 2 atom stereocenters. The Morgan fingerprint density at radius 3 is 2.46 bits per heavy atom. The minimum absolute atomic E-state index is 0.363. The Kier molecular flexibility index (Phi) is 7.13. The molecule has 5 heteroatoms. The highest BCUT2D eigenvalue weighted by atomic mass is 79.9. The number of ether oxygens (including phenoxy) is 1. The normalized spacial score (nSPS) is 14.2. The number of rotatable bonds is 8. The van der Waals surface area contributed by atoms with Gasteiger partial charge in [0, 0.05) is 46.6 Å². The molecule has 1 aromatic heterocycles. The smallest absolute Gasteiger partial charge is 0.123 e. The molecule has 0 saturated heterocycles. The number of aliphatic hydroxyl groups is 1. The van der Waals surface area contributed by atoms with Crippen LogP contribution < -0.4 is 4.74 Å². The Morgan fingerprint density at radius 2 is 1.73 bits per heavy atom. The maximum Gasteiger partial charge on any atom is 0.123 e. The molecular weight excluding hydrogens is 524 g/mol. The molecule has 0 aliphatic rings. The molecule has 1 heterocycles. The van der Waals surface area contributed by atoms with Crippen molar-refractivity contribution in [2.45, 2.75) is 17.9 Å². The van der Waals surface area contributed by atoms with Gasteiger partial charge in [0.1, 0.15) is 11.4 Å². The van der Waals surface area contributed by atoms with E-state index in [0.717, 1.165) is 55.1 Å². The zero-order valence-corrected chi connectivity index (χ0v) is 23.4. The number of aromatic nitrogens is 1. The topological polar surface area (TPSA) is 37.6 Å². The Hall–Kier alpha value is -3.12. The number of hydrogen-bond acceptors (Lipinski definition) is 3. The van der Waals surface area contributed by atoms with Gasteiger partial charge in [-0.2, -0.15) is 0 Å². The summed E-state index contributed by atoms with van der Waals surface area (Å²) in [5.41, 5.74) is 2.83. The number of methoxy groups -OCH3 is 1. The Bertz CT molecular complexity index is 1540. The van der Waals surface area contributed by atoms with Gasteiger partial charge in [-0.25, -0.2) is 0 Å². The Labute approximate surface area is 227 Å². The van der Waals surface area contributed by atoms with E-state index in [-0.39, 0.29) is 5.92 Å². The molecule has 37 heavy (non-hydrogen) atoms. The average Bonchev–Trinajstić information content (AvgIpc) is 3.28. The second kappa shape index (κ2) is 10.3. The van der Waals surface area contributed by atoms with E-state index in [1.807, 2.05) is 31.3 Å². The van der Waals surface area contributed by atoms with Crippen LogP contribution in [-0.2, 0) is 12.6 Å². The van der Waals surface area contributed by atoms with Gasteiger partial charge in [0.25, 0.3) is 0 Å². The predicted octanol–water partition coefficient (Wildman–Crippen LogP) is 7.07. The van der Waals surface area contributed by atoms with Crippen molar-refractivity contribution in [2.24, 2.45) is 7.05 Å². The number of fused-ring (bicyclic) bond motifs is 2. The van der Waals surface area contributed by atoms with Crippen LogP contribution in [0.4, 0.5) is 0 Å². The van der Waals surface area contributed by atoms with Gasteiger partial charge < -0.3 is 19.3 Å². The first kappa shape index (κ1) is 25.5. The molecule has 4 aromatic carbocycles. The van der Waals surface area contributed by atoms with E-state index < -0.39 is 5.60 Å². The zero-order valence-electron chi connectivity index (χ0n) is 21.8. The fraction of sp³-hybridized carbons (Fsp3) is 0.250. The van der Waals surface area contributed by atoms with E-state index in [2.05, 4.69) is 106 Å². The lowest BCUT2D eigenvalue weighted by atomic mass is 9.70. The van der Waals surface area contributed by atoms with Crippen LogP contribution in [0.1, 0.15) is 29.0 Å². The molecule has 5 rings (SSSR count). The van der Waals surface area contributed by atoms with Crippen LogP contribution in [0, 0.1) is 0 Å². The van der Waals surface area contributed by atoms with Crippen molar-refractivity contribution in [3.63, 3.8) is 0 Å². The molecule has 190 valence electrons. The monoisotopic (exact) mass is 556 g/mol. The lowest BCUT2D eigenvalue weighted by Crippen LogP contribution is -2.38. The maximum absolute atomic E-state index is 13.1. The molecule has 0 spiro atoms. The first-order chi connectivity index (χ1) is 17.8. The first-order valence-corrected chi connectivity index (χ1v) is 13.3. The average molecular weight is 558 g/mol. The third-order valence-corrected chi connectivity index (χ3v) is 7.90. The van der Waals surface area contributed by atoms with Gasteiger partial charge in [-0.3, -0.25) is 0 Å². The Balaban J connectivity index is 1.84. The standard InChI is InChI=1S/C32H33BrN2O2/c1-34(2)18-16-32(36,28-11-8-12-29-26(28)15-17-35(29)3)31(22-9-6-5-7-10-22)27-20-24-19-25(33)14-13-23(24)21-30(27)37-4/h5-15,17,19-21,31,36H,16,18H2,1-4H3/t31-,32-/m1/s1. The first-order valence-electron chi connectivity index (χ1n) is 12.6. The maximum atomic E-state index is 13.1. The summed E-state index contributed by atoms with van der Waals surface area (Å²) in [6.45, 7) is 0.727. The third kappa shape index (κ3) is 4.79. The van der Waals surface area contributed by atoms with E-state index in [1.54, 1.807) is 7.11 Å². The predicted molar refractivity (Wildman–Crippen MR) is 156 cm³/mol. The summed E-state index contributed by atoms with van der Waals surface area (Å²) in [7, 11) is 7.86. The SMILES string of the molecule is COc1cc2ccc(Br)cc2cc1[C@@H](c1ccccc1)[C@@](O)(CCN(C)C)c1cccc2c1ccn2C. The molecule has 0 aliphatic heterocycles. The van der Waals surface area contributed by atoms with Gasteiger partial charge in [0.05, 0.1) is 7.11 Å². The molecule has 0 fully saturated rings. The van der Waals surface area contributed by atoms with Crippen LogP contribution in [0.15, 0.2) is 95.6 Å². The van der Waals surface area contributed by atoms with Crippen molar-refractivity contribution in [1.82, 2.24) is 9.47 Å². The van der Waals surface area contributed by atoms with Crippen molar-refractivity contribution >= 4 is 37.6 Å². The van der Waals surface area contributed by atoms with Crippen LogP contribution in [0.5, 0.6) is 5.75 Å². The van der Waals surface area contributed by atoms with Crippen molar-refractivity contribution in [3.05, 3.63) is 112 Å². The van der Waals surface area contributed by atoms with E-state index in [4.69, 9.17) is 4.74 Å². The second-order valence-corrected chi connectivity index (χ2v) is 11.0. The molecule has 0 bridgehead atoms. The van der Waals surface area contributed by atoms with Crippen LogP contribution >= 0.6 is 15.9 Å². The summed E-state index contributed by atoms with van der Waals surface area (Å²) in [6.07, 6.45) is 2.61. The number of nitrogens with zero attached hydrogens (tertiary/aromatic N) is 2. The highest BCUT2D eigenvalue weighted by molar-refractivity contribution is 9.10. The summed E-state index contributed by atoms with van der Waals surface area (Å²) in [6, 6.07) is 29.2. The van der Waals surface area contributed by atoms with E-state index in [0.29, 0.717) is 6.42 Å². The summed E-state index contributed by atoms with van der Waals surface area (Å²) >= 11 is 3.63. The highest BCUT2D eigenvalue weighted by Gasteiger charge is 2.43. The summed E-state index contributed by atoms with van der Waals surface area (Å²) in [4.78, 5) is 2.13. The lowest BCUT2D eigenvalue weighted by molar-refractivity contribution is 0.00534. The molecule has 0 aliphatic carbocycles. The molecule has 0 radical (unpaired) electrons. The molecule has 5 aromatic rings. The van der Waals surface area contributed by atoms with Crippen LogP contribution in [0.25, 0.3) is 21.7 Å².